The molecule has 0 atom stereocenters. The molecule has 1 saturated carbocycles. The standard InChI is InChI=1S/C13H18BrFN2O/c14-10-7-13(12(16)8-11(10)15)17-5-6-18-9-3-1-2-4-9/h7-9,17H,1-6,16H2. The van der Waals surface area contributed by atoms with Crippen LogP contribution in [0.4, 0.5) is 15.8 Å². The van der Waals surface area contributed by atoms with E-state index in [1.54, 1.807) is 6.07 Å². The largest absolute Gasteiger partial charge is 0.397 e. The maximum Gasteiger partial charge on any atom is 0.139 e. The van der Waals surface area contributed by atoms with Crippen molar-refractivity contribution in [3.8, 4) is 0 Å². The zero-order valence-corrected chi connectivity index (χ0v) is 11.8. The Balaban J connectivity index is 1.77. The molecule has 5 heteroatoms. The molecule has 18 heavy (non-hydrogen) atoms. The Morgan fingerprint density at radius 1 is 1.39 bits per heavy atom. The predicted octanol–water partition coefficient (Wildman–Crippen LogP) is 3.54. The smallest absolute Gasteiger partial charge is 0.139 e. The minimum atomic E-state index is -0.347. The SMILES string of the molecule is Nc1cc(F)c(Br)cc1NCCOC1CCCC1. The third-order valence-electron chi connectivity index (χ3n) is 3.17. The van der Waals surface area contributed by atoms with Gasteiger partial charge in [0.15, 0.2) is 0 Å². The molecule has 0 aromatic heterocycles. The molecule has 100 valence electrons. The van der Waals surface area contributed by atoms with Crippen LogP contribution in [-0.4, -0.2) is 19.3 Å². The molecule has 1 fully saturated rings. The van der Waals surface area contributed by atoms with Crippen LogP contribution < -0.4 is 11.1 Å². The van der Waals surface area contributed by atoms with Gasteiger partial charge in [0.1, 0.15) is 5.82 Å². The van der Waals surface area contributed by atoms with Gasteiger partial charge in [-0.25, -0.2) is 4.39 Å². The second-order valence-corrected chi connectivity index (χ2v) is 5.41. The minimum Gasteiger partial charge on any atom is -0.397 e. The van der Waals surface area contributed by atoms with Gasteiger partial charge in [0, 0.05) is 12.6 Å². The van der Waals surface area contributed by atoms with E-state index >= 15 is 0 Å². The fourth-order valence-corrected chi connectivity index (χ4v) is 2.53. The fourth-order valence-electron chi connectivity index (χ4n) is 2.18. The van der Waals surface area contributed by atoms with Crippen molar-refractivity contribution in [1.29, 1.82) is 0 Å². The number of anilines is 2. The third-order valence-corrected chi connectivity index (χ3v) is 3.77. The van der Waals surface area contributed by atoms with Crippen molar-refractivity contribution in [2.75, 3.05) is 24.2 Å². The summed E-state index contributed by atoms with van der Waals surface area (Å²) < 4.78 is 19.3. The topological polar surface area (TPSA) is 47.3 Å². The summed E-state index contributed by atoms with van der Waals surface area (Å²) >= 11 is 3.14. The lowest BCUT2D eigenvalue weighted by molar-refractivity contribution is 0.0659. The van der Waals surface area contributed by atoms with Gasteiger partial charge in [-0.05, 0) is 34.8 Å². The van der Waals surface area contributed by atoms with Crippen molar-refractivity contribution in [2.24, 2.45) is 0 Å². The van der Waals surface area contributed by atoms with E-state index < -0.39 is 0 Å². The minimum absolute atomic E-state index is 0.347. The van der Waals surface area contributed by atoms with Crippen molar-refractivity contribution in [3.05, 3.63) is 22.4 Å². The summed E-state index contributed by atoms with van der Waals surface area (Å²) in [6.07, 6.45) is 5.31. The van der Waals surface area contributed by atoms with E-state index in [4.69, 9.17) is 10.5 Å². The van der Waals surface area contributed by atoms with E-state index in [1.807, 2.05) is 0 Å². The highest BCUT2D eigenvalue weighted by Gasteiger charge is 2.14. The van der Waals surface area contributed by atoms with Crippen LogP contribution in [-0.2, 0) is 4.74 Å². The van der Waals surface area contributed by atoms with Crippen LogP contribution in [0.2, 0.25) is 0 Å². The molecule has 1 aliphatic rings. The number of ether oxygens (including phenoxy) is 1. The Bertz CT molecular complexity index is 408. The Hall–Kier alpha value is -0.810. The molecule has 3 nitrogen and oxygen atoms in total. The average Bonchev–Trinajstić information content (AvgIpc) is 2.84. The Morgan fingerprint density at radius 2 is 2.11 bits per heavy atom. The summed E-state index contributed by atoms with van der Waals surface area (Å²) in [7, 11) is 0. The molecule has 0 amide bonds. The molecule has 0 radical (unpaired) electrons. The maximum absolute atomic E-state index is 13.2. The second-order valence-electron chi connectivity index (χ2n) is 4.56. The molecule has 1 aromatic carbocycles. The summed E-state index contributed by atoms with van der Waals surface area (Å²) in [6, 6.07) is 2.96. The predicted molar refractivity (Wildman–Crippen MR) is 75.2 cm³/mol. The number of nitrogens with one attached hydrogen (secondary N) is 1. The van der Waals surface area contributed by atoms with Gasteiger partial charge in [-0.3, -0.25) is 0 Å². The van der Waals surface area contributed by atoms with Gasteiger partial charge >= 0.3 is 0 Å². The first-order chi connectivity index (χ1) is 8.66. The number of halogens is 2. The highest BCUT2D eigenvalue weighted by molar-refractivity contribution is 9.10. The van der Waals surface area contributed by atoms with Crippen LogP contribution in [0.3, 0.4) is 0 Å². The first-order valence-corrected chi connectivity index (χ1v) is 7.06. The number of benzene rings is 1. The molecule has 0 saturated heterocycles. The van der Waals surface area contributed by atoms with Crippen LogP contribution in [0.1, 0.15) is 25.7 Å². The average molecular weight is 317 g/mol. The highest BCUT2D eigenvalue weighted by Crippen LogP contribution is 2.26. The number of hydrogen-bond donors (Lipinski definition) is 2. The lowest BCUT2D eigenvalue weighted by atomic mass is 10.2. The normalized spacial score (nSPS) is 16.1. The number of hydrogen-bond acceptors (Lipinski definition) is 3. The van der Waals surface area contributed by atoms with Crippen LogP contribution in [0.15, 0.2) is 16.6 Å². The monoisotopic (exact) mass is 316 g/mol. The maximum atomic E-state index is 13.2. The van der Waals surface area contributed by atoms with Gasteiger partial charge < -0.3 is 15.8 Å². The molecular weight excluding hydrogens is 299 g/mol. The molecule has 0 aliphatic heterocycles. The van der Waals surface area contributed by atoms with Crippen molar-refractivity contribution in [3.63, 3.8) is 0 Å². The van der Waals surface area contributed by atoms with Crippen LogP contribution in [0.5, 0.6) is 0 Å². The molecular formula is C13H18BrFN2O. The van der Waals surface area contributed by atoms with Gasteiger partial charge in [0.25, 0.3) is 0 Å². The van der Waals surface area contributed by atoms with E-state index in [0.29, 0.717) is 29.4 Å². The van der Waals surface area contributed by atoms with E-state index in [-0.39, 0.29) is 5.82 Å². The highest BCUT2D eigenvalue weighted by atomic mass is 79.9. The van der Waals surface area contributed by atoms with Crippen LogP contribution in [0, 0.1) is 5.82 Å². The molecule has 0 unspecified atom stereocenters. The van der Waals surface area contributed by atoms with Gasteiger partial charge in [0.2, 0.25) is 0 Å². The fraction of sp³-hybridized carbons (Fsp3) is 0.538. The first-order valence-electron chi connectivity index (χ1n) is 6.27. The van der Waals surface area contributed by atoms with E-state index in [2.05, 4.69) is 21.2 Å². The van der Waals surface area contributed by atoms with Gasteiger partial charge in [-0.1, -0.05) is 12.8 Å². The number of nitrogen functional groups attached to an aromatic ring is 1. The lowest BCUT2D eigenvalue weighted by Gasteiger charge is -2.13. The number of rotatable bonds is 5. The van der Waals surface area contributed by atoms with E-state index in [9.17, 15) is 4.39 Å². The second kappa shape index (κ2) is 6.38. The molecule has 1 aromatic rings. The van der Waals surface area contributed by atoms with Crippen molar-refractivity contribution < 1.29 is 9.13 Å². The zero-order valence-electron chi connectivity index (χ0n) is 10.2. The zero-order chi connectivity index (χ0) is 13.0. The Labute approximate surface area is 115 Å². The molecule has 0 spiro atoms. The summed E-state index contributed by atoms with van der Waals surface area (Å²) in [5.74, 6) is -0.347. The van der Waals surface area contributed by atoms with Gasteiger partial charge in [-0.2, -0.15) is 0 Å². The van der Waals surface area contributed by atoms with Gasteiger partial charge in [0.05, 0.1) is 28.6 Å². The van der Waals surface area contributed by atoms with Crippen molar-refractivity contribution in [1.82, 2.24) is 0 Å². The van der Waals surface area contributed by atoms with Crippen molar-refractivity contribution in [2.45, 2.75) is 31.8 Å². The van der Waals surface area contributed by atoms with E-state index in [0.717, 1.165) is 5.69 Å². The molecule has 1 aliphatic carbocycles. The summed E-state index contributed by atoms with van der Waals surface area (Å²) in [6.45, 7) is 1.33. The molecule has 3 N–H and O–H groups in total. The Kier molecular flexibility index (Phi) is 4.83. The molecule has 0 bridgehead atoms. The Morgan fingerprint density at radius 3 is 2.83 bits per heavy atom. The van der Waals surface area contributed by atoms with Crippen LogP contribution in [0.25, 0.3) is 0 Å². The summed E-state index contributed by atoms with van der Waals surface area (Å²) in [4.78, 5) is 0. The third kappa shape index (κ3) is 3.59. The lowest BCUT2D eigenvalue weighted by Crippen LogP contribution is -2.16. The summed E-state index contributed by atoms with van der Waals surface area (Å²) in [5.41, 5.74) is 6.88. The number of nitrogens with two attached hydrogens (primary N) is 1. The summed E-state index contributed by atoms with van der Waals surface area (Å²) in [5, 5.41) is 3.16. The van der Waals surface area contributed by atoms with Gasteiger partial charge in [-0.15, -0.1) is 0 Å². The quantitative estimate of drug-likeness (QED) is 0.645. The molecule has 2 rings (SSSR count). The van der Waals surface area contributed by atoms with Crippen molar-refractivity contribution >= 4 is 27.3 Å². The molecule has 0 heterocycles. The first kappa shape index (κ1) is 13.6. The van der Waals surface area contributed by atoms with E-state index in [1.165, 1.54) is 31.7 Å². The van der Waals surface area contributed by atoms with Crippen LogP contribution >= 0.6 is 15.9 Å².